The highest BCUT2D eigenvalue weighted by Crippen LogP contribution is 2.43. The molecule has 1 aliphatic rings. The number of carbonyl (C=O) groups excluding carboxylic acids is 2. The number of fused-ring (bicyclic) bond motifs is 3. The van der Waals surface area contributed by atoms with Crippen LogP contribution >= 0.6 is 0 Å². The maximum Gasteiger partial charge on any atom is 0.316 e. The number of ketones is 1. The SMILES string of the molecule is CCCCCCCCCCCC(=NNc1nc2ccccc2c2ccccc12)C1=C(O)C(C(=O)OC)C(C)(C)CC1=O. The molecule has 42 heavy (non-hydrogen) atoms. The number of nitrogens with one attached hydrogen (secondary N) is 1. The fourth-order valence-electron chi connectivity index (χ4n) is 6.07. The number of hydrazone groups is 1. The minimum absolute atomic E-state index is 0.111. The van der Waals surface area contributed by atoms with Crippen molar-refractivity contribution in [1.82, 2.24) is 4.98 Å². The zero-order valence-corrected chi connectivity index (χ0v) is 25.5. The van der Waals surface area contributed by atoms with Crippen molar-refractivity contribution >= 4 is 45.0 Å². The zero-order valence-electron chi connectivity index (χ0n) is 25.5. The van der Waals surface area contributed by atoms with Crippen LogP contribution in [0.25, 0.3) is 21.7 Å². The highest BCUT2D eigenvalue weighted by molar-refractivity contribution is 6.24. The molecule has 1 aromatic heterocycles. The van der Waals surface area contributed by atoms with E-state index >= 15 is 0 Å². The predicted molar refractivity (Wildman–Crippen MR) is 171 cm³/mol. The summed E-state index contributed by atoms with van der Waals surface area (Å²) < 4.78 is 5.03. The summed E-state index contributed by atoms with van der Waals surface area (Å²) >= 11 is 0. The van der Waals surface area contributed by atoms with Crippen LogP contribution in [0.3, 0.4) is 0 Å². The van der Waals surface area contributed by atoms with Crippen molar-refractivity contribution in [3.05, 3.63) is 59.9 Å². The zero-order chi connectivity index (χ0) is 30.1. The summed E-state index contributed by atoms with van der Waals surface area (Å²) in [4.78, 5) is 31.1. The number of para-hydroxylation sites is 1. The third-order valence-electron chi connectivity index (χ3n) is 8.35. The van der Waals surface area contributed by atoms with Gasteiger partial charge in [0.2, 0.25) is 0 Å². The van der Waals surface area contributed by atoms with Gasteiger partial charge in [-0.1, -0.05) is 115 Å². The summed E-state index contributed by atoms with van der Waals surface area (Å²) in [6, 6.07) is 15.9. The Kier molecular flexibility index (Phi) is 10.7. The predicted octanol–water partition coefficient (Wildman–Crippen LogP) is 8.68. The first-order chi connectivity index (χ1) is 20.3. The number of aromatic nitrogens is 1. The van der Waals surface area contributed by atoms with Crippen LogP contribution in [0.15, 0.2) is 65.0 Å². The van der Waals surface area contributed by atoms with Crippen LogP contribution in [-0.4, -0.2) is 34.7 Å². The lowest BCUT2D eigenvalue weighted by atomic mass is 9.67. The van der Waals surface area contributed by atoms with Crippen molar-refractivity contribution in [1.29, 1.82) is 0 Å². The number of benzene rings is 2. The summed E-state index contributed by atoms with van der Waals surface area (Å²) in [6.45, 7) is 5.84. The minimum Gasteiger partial charge on any atom is -0.511 e. The van der Waals surface area contributed by atoms with Crippen LogP contribution in [0, 0.1) is 11.3 Å². The lowest BCUT2D eigenvalue weighted by Crippen LogP contribution is -2.41. The van der Waals surface area contributed by atoms with E-state index in [0.29, 0.717) is 18.0 Å². The molecule has 0 amide bonds. The van der Waals surface area contributed by atoms with Crippen molar-refractivity contribution in [2.24, 2.45) is 16.4 Å². The van der Waals surface area contributed by atoms with Crippen molar-refractivity contribution < 1.29 is 19.4 Å². The molecule has 7 heteroatoms. The van der Waals surface area contributed by atoms with Gasteiger partial charge in [-0.05, 0) is 29.7 Å². The van der Waals surface area contributed by atoms with E-state index in [4.69, 9.17) is 14.8 Å². The Hall–Kier alpha value is -3.74. The largest absolute Gasteiger partial charge is 0.511 e. The van der Waals surface area contributed by atoms with Gasteiger partial charge in [0, 0.05) is 17.2 Å². The van der Waals surface area contributed by atoms with Gasteiger partial charge in [0.25, 0.3) is 0 Å². The van der Waals surface area contributed by atoms with Crippen molar-refractivity contribution in [2.75, 3.05) is 12.5 Å². The monoisotopic (exact) mass is 571 g/mol. The molecule has 0 spiro atoms. The van der Waals surface area contributed by atoms with Crippen LogP contribution < -0.4 is 5.43 Å². The maximum absolute atomic E-state index is 13.5. The van der Waals surface area contributed by atoms with Gasteiger partial charge in [-0.15, -0.1) is 0 Å². The summed E-state index contributed by atoms with van der Waals surface area (Å²) in [5.41, 5.74) is 3.77. The van der Waals surface area contributed by atoms with E-state index in [0.717, 1.165) is 40.9 Å². The summed E-state index contributed by atoms with van der Waals surface area (Å²) in [5, 5.41) is 19.1. The molecule has 3 aromatic rings. The maximum atomic E-state index is 13.5. The number of carbonyl (C=O) groups is 2. The molecule has 0 radical (unpaired) electrons. The first kappa shape index (κ1) is 31.2. The van der Waals surface area contributed by atoms with Crippen LogP contribution in [0.4, 0.5) is 5.82 Å². The van der Waals surface area contributed by atoms with Crippen molar-refractivity contribution in [3.8, 4) is 0 Å². The molecular weight excluding hydrogens is 526 g/mol. The Morgan fingerprint density at radius 2 is 1.55 bits per heavy atom. The second kappa shape index (κ2) is 14.4. The van der Waals surface area contributed by atoms with Gasteiger partial charge in [-0.25, -0.2) is 4.98 Å². The van der Waals surface area contributed by atoms with E-state index in [1.54, 1.807) is 13.8 Å². The molecule has 0 saturated carbocycles. The number of hydrogen-bond acceptors (Lipinski definition) is 7. The van der Waals surface area contributed by atoms with Gasteiger partial charge in [-0.3, -0.25) is 15.0 Å². The molecule has 2 aromatic carbocycles. The van der Waals surface area contributed by atoms with Crippen LogP contribution in [0.1, 0.15) is 91.4 Å². The average Bonchev–Trinajstić information content (AvgIpc) is 2.97. The Morgan fingerprint density at radius 1 is 0.952 bits per heavy atom. The summed E-state index contributed by atoms with van der Waals surface area (Å²) in [5.74, 6) is -1.40. The molecule has 1 aliphatic carbocycles. The second-order valence-corrected chi connectivity index (χ2v) is 12.1. The van der Waals surface area contributed by atoms with Crippen LogP contribution in [-0.2, 0) is 14.3 Å². The Morgan fingerprint density at radius 3 is 2.21 bits per heavy atom. The fourth-order valence-corrected chi connectivity index (χ4v) is 6.07. The molecule has 1 atom stereocenters. The molecule has 1 unspecified atom stereocenters. The van der Waals surface area contributed by atoms with E-state index in [2.05, 4.69) is 18.4 Å². The number of rotatable bonds is 14. The summed E-state index contributed by atoms with van der Waals surface area (Å²) in [7, 11) is 1.30. The lowest BCUT2D eigenvalue weighted by molar-refractivity contribution is -0.150. The first-order valence-corrected chi connectivity index (χ1v) is 15.4. The third kappa shape index (κ3) is 7.18. The topological polar surface area (TPSA) is 101 Å². The van der Waals surface area contributed by atoms with Gasteiger partial charge in [-0.2, -0.15) is 5.10 Å². The normalized spacial score (nSPS) is 17.2. The molecule has 0 bridgehead atoms. The van der Waals surface area contributed by atoms with E-state index < -0.39 is 17.3 Å². The van der Waals surface area contributed by atoms with Gasteiger partial charge < -0.3 is 9.84 Å². The Balaban J connectivity index is 1.64. The van der Waals surface area contributed by atoms with E-state index in [-0.39, 0.29) is 23.5 Å². The summed E-state index contributed by atoms with van der Waals surface area (Å²) in [6.07, 6.45) is 11.1. The molecule has 0 saturated heterocycles. The number of nitrogens with zero attached hydrogens (tertiary/aromatic N) is 2. The number of unbranched alkanes of at least 4 members (excludes halogenated alkanes) is 8. The molecule has 2 N–H and O–H groups in total. The molecule has 4 rings (SSSR count). The molecule has 224 valence electrons. The number of anilines is 1. The van der Waals surface area contributed by atoms with E-state index in [9.17, 15) is 14.7 Å². The van der Waals surface area contributed by atoms with Gasteiger partial charge in [0.1, 0.15) is 11.7 Å². The Labute approximate surface area is 249 Å². The number of aliphatic hydroxyl groups is 1. The quantitative estimate of drug-likeness (QED) is 0.0660. The second-order valence-electron chi connectivity index (χ2n) is 12.1. The molecule has 0 aliphatic heterocycles. The third-order valence-corrected chi connectivity index (χ3v) is 8.35. The smallest absolute Gasteiger partial charge is 0.316 e. The van der Waals surface area contributed by atoms with Gasteiger partial charge in [0.05, 0.1) is 23.9 Å². The van der Waals surface area contributed by atoms with E-state index in [1.165, 1.54) is 45.6 Å². The highest BCUT2D eigenvalue weighted by atomic mass is 16.5. The highest BCUT2D eigenvalue weighted by Gasteiger charge is 2.47. The van der Waals surface area contributed by atoms with Crippen LogP contribution in [0.2, 0.25) is 0 Å². The number of hydrogen-bond donors (Lipinski definition) is 2. The number of Topliss-reactive ketones (excluding diaryl/α,β-unsaturated/α-hetero) is 1. The van der Waals surface area contributed by atoms with Crippen molar-refractivity contribution in [2.45, 2.75) is 91.4 Å². The minimum atomic E-state index is -0.942. The van der Waals surface area contributed by atoms with Crippen molar-refractivity contribution in [3.63, 3.8) is 0 Å². The number of aliphatic hydroxyl groups excluding tert-OH is 1. The van der Waals surface area contributed by atoms with E-state index in [1.807, 2.05) is 42.5 Å². The number of ether oxygens (including phenoxy) is 1. The number of methoxy groups -OCH3 is 1. The number of allylic oxidation sites excluding steroid dienone is 1. The van der Waals surface area contributed by atoms with Crippen LogP contribution in [0.5, 0.6) is 0 Å². The average molecular weight is 572 g/mol. The van der Waals surface area contributed by atoms with Gasteiger partial charge >= 0.3 is 5.97 Å². The molecular formula is C35H45N3O4. The molecule has 7 nitrogen and oxygen atoms in total. The first-order valence-electron chi connectivity index (χ1n) is 15.4. The number of pyridine rings is 1. The molecule has 1 heterocycles. The fraction of sp³-hybridized carbons (Fsp3) is 0.486. The molecule has 0 fully saturated rings. The standard InChI is InChI=1S/C35H45N3O4/c1-5-6-7-8-9-10-11-12-13-22-28(30-29(39)23-35(2,3)31(32(30)40)34(41)42-4)37-38-33-26-20-15-14-18-24(26)25-19-16-17-21-27(25)36-33/h14-21,31,40H,5-13,22-23H2,1-4H3,(H,36,38). The Bertz CT molecular complexity index is 1470. The van der Waals surface area contributed by atoms with Gasteiger partial charge in [0.15, 0.2) is 11.6 Å². The lowest BCUT2D eigenvalue weighted by Gasteiger charge is -2.36. The number of esters is 1.